The number of rotatable bonds is 6. The van der Waals surface area contributed by atoms with Gasteiger partial charge in [-0.25, -0.2) is 0 Å². The normalized spacial score (nSPS) is 16.3. The van der Waals surface area contributed by atoms with Gasteiger partial charge in [0.1, 0.15) is 10.1 Å². The van der Waals surface area contributed by atoms with E-state index in [2.05, 4.69) is 0 Å². The lowest BCUT2D eigenvalue weighted by Gasteiger charge is -2.12. The third-order valence-electron chi connectivity index (χ3n) is 3.95. The molecule has 0 aromatic heterocycles. The number of carboxylic acid groups (broad SMARTS) is 1. The molecule has 1 amide bonds. The Kier molecular flexibility index (Phi) is 6.39. The van der Waals surface area contributed by atoms with Crippen LogP contribution in [0.2, 0.25) is 0 Å². The second-order valence-corrected chi connectivity index (χ2v) is 7.14. The molecule has 0 radical (unpaired) electrons. The van der Waals surface area contributed by atoms with Crippen LogP contribution < -0.4 is 4.74 Å². The van der Waals surface area contributed by atoms with Crippen molar-refractivity contribution in [3.63, 3.8) is 0 Å². The van der Waals surface area contributed by atoms with Crippen LogP contribution in [0.1, 0.15) is 23.1 Å². The van der Waals surface area contributed by atoms with Crippen molar-refractivity contribution in [1.82, 2.24) is 4.90 Å². The van der Waals surface area contributed by atoms with Crippen molar-refractivity contribution in [3.8, 4) is 5.75 Å². The molecule has 132 valence electrons. The molecule has 1 aromatic carbocycles. The molecule has 0 aliphatic carbocycles. The van der Waals surface area contributed by atoms with Crippen LogP contribution in [0.15, 0.2) is 29.2 Å². The van der Waals surface area contributed by atoms with E-state index >= 15 is 0 Å². The van der Waals surface area contributed by atoms with Gasteiger partial charge in [0.2, 0.25) is 0 Å². The number of amides is 1. The fourth-order valence-corrected chi connectivity index (χ4v) is 3.63. The second kappa shape index (κ2) is 8.31. The average Bonchev–Trinajstić information content (AvgIpc) is 2.83. The van der Waals surface area contributed by atoms with Crippen LogP contribution in [0.3, 0.4) is 0 Å². The van der Waals surface area contributed by atoms with E-state index < -0.39 is 5.97 Å². The molecule has 7 heteroatoms. The van der Waals surface area contributed by atoms with Crippen LogP contribution in [0, 0.1) is 13.8 Å². The largest absolute Gasteiger partial charge is 0.496 e. The van der Waals surface area contributed by atoms with E-state index in [1.54, 1.807) is 19.3 Å². The summed E-state index contributed by atoms with van der Waals surface area (Å²) in [5, 5.41) is 8.74. The van der Waals surface area contributed by atoms with Crippen molar-refractivity contribution in [1.29, 1.82) is 0 Å². The van der Waals surface area contributed by atoms with E-state index in [0.717, 1.165) is 22.4 Å². The molecule has 1 heterocycles. The Balaban J connectivity index is 2.13. The van der Waals surface area contributed by atoms with Gasteiger partial charge in [-0.3, -0.25) is 14.5 Å². The molecule has 5 nitrogen and oxygen atoms in total. The van der Waals surface area contributed by atoms with Gasteiger partial charge >= 0.3 is 5.97 Å². The zero-order chi connectivity index (χ0) is 18.6. The van der Waals surface area contributed by atoms with Crippen molar-refractivity contribution in [2.45, 2.75) is 20.3 Å². The smallest absolute Gasteiger partial charge is 0.305 e. The molecule has 0 atom stereocenters. The maximum atomic E-state index is 12.3. The lowest BCUT2D eigenvalue weighted by atomic mass is 10.0. The topological polar surface area (TPSA) is 66.8 Å². The Bertz CT molecular complexity index is 784. The highest BCUT2D eigenvalue weighted by Crippen LogP contribution is 2.31. The summed E-state index contributed by atoms with van der Waals surface area (Å²) < 4.78 is 5.69. The second-order valence-electron chi connectivity index (χ2n) is 5.47. The first-order valence-corrected chi connectivity index (χ1v) is 8.85. The van der Waals surface area contributed by atoms with Gasteiger partial charge in [-0.1, -0.05) is 42.2 Å². The number of ether oxygens (including phenoxy) is 1. The number of carboxylic acids is 1. The number of allylic oxidation sites excluding steroid dienone is 2. The summed E-state index contributed by atoms with van der Waals surface area (Å²) in [6.07, 6.45) is 5.31. The Morgan fingerprint density at radius 1 is 1.36 bits per heavy atom. The summed E-state index contributed by atoms with van der Waals surface area (Å²) in [5.74, 6) is -0.360. The predicted molar refractivity (Wildman–Crippen MR) is 104 cm³/mol. The number of nitrogens with zero attached hydrogens (tertiary/aromatic N) is 1. The van der Waals surface area contributed by atoms with Crippen LogP contribution in [0.5, 0.6) is 5.75 Å². The van der Waals surface area contributed by atoms with E-state index in [1.807, 2.05) is 32.1 Å². The van der Waals surface area contributed by atoms with Crippen LogP contribution in [-0.4, -0.2) is 39.9 Å². The lowest BCUT2D eigenvalue weighted by molar-refractivity contribution is -0.137. The Morgan fingerprint density at radius 3 is 2.72 bits per heavy atom. The summed E-state index contributed by atoms with van der Waals surface area (Å²) >= 11 is 6.34. The van der Waals surface area contributed by atoms with Crippen LogP contribution in [0.25, 0.3) is 6.08 Å². The Labute approximate surface area is 156 Å². The van der Waals surface area contributed by atoms with E-state index in [9.17, 15) is 9.59 Å². The fraction of sp³-hybridized carbons (Fsp3) is 0.278. The lowest BCUT2D eigenvalue weighted by Crippen LogP contribution is -2.30. The van der Waals surface area contributed by atoms with Crippen LogP contribution >= 0.6 is 24.0 Å². The zero-order valence-electron chi connectivity index (χ0n) is 14.2. The number of thioether (sulfide) groups is 1. The molecule has 1 fully saturated rings. The number of benzene rings is 1. The van der Waals surface area contributed by atoms with Gasteiger partial charge in [0.15, 0.2) is 0 Å². The SMILES string of the molecule is COc1ccc(C=CC=C2SC(=S)N(CCC(=O)O)C2=O)c(C)c1C. The minimum Gasteiger partial charge on any atom is -0.496 e. The first kappa shape index (κ1) is 19.2. The summed E-state index contributed by atoms with van der Waals surface area (Å²) in [4.78, 5) is 24.8. The summed E-state index contributed by atoms with van der Waals surface area (Å²) in [6, 6.07) is 3.87. The first-order valence-electron chi connectivity index (χ1n) is 7.63. The number of carbonyl (C=O) groups is 2. The van der Waals surface area contributed by atoms with E-state index in [-0.39, 0.29) is 18.9 Å². The molecule has 0 spiro atoms. The molecule has 25 heavy (non-hydrogen) atoms. The number of methoxy groups -OCH3 is 1. The van der Waals surface area contributed by atoms with Crippen molar-refractivity contribution >= 4 is 46.3 Å². The van der Waals surface area contributed by atoms with E-state index in [1.165, 1.54) is 16.7 Å². The average molecular weight is 377 g/mol. The quantitative estimate of drug-likeness (QED) is 0.604. The monoisotopic (exact) mass is 377 g/mol. The maximum Gasteiger partial charge on any atom is 0.305 e. The molecule has 1 N–H and O–H groups in total. The molecule has 1 aliphatic heterocycles. The third kappa shape index (κ3) is 4.49. The van der Waals surface area contributed by atoms with Gasteiger partial charge in [0.25, 0.3) is 5.91 Å². The maximum absolute atomic E-state index is 12.3. The summed E-state index contributed by atoms with van der Waals surface area (Å²) in [7, 11) is 1.64. The van der Waals surface area contributed by atoms with E-state index in [4.69, 9.17) is 22.1 Å². The fourth-order valence-electron chi connectivity index (χ4n) is 2.37. The third-order valence-corrected chi connectivity index (χ3v) is 5.34. The van der Waals surface area contributed by atoms with Gasteiger partial charge in [-0.2, -0.15) is 0 Å². The van der Waals surface area contributed by atoms with Crippen molar-refractivity contribution in [2.75, 3.05) is 13.7 Å². The number of hydrogen-bond donors (Lipinski definition) is 1. The molecule has 0 saturated carbocycles. The van der Waals surface area contributed by atoms with Crippen molar-refractivity contribution in [3.05, 3.63) is 45.9 Å². The molecule has 2 rings (SSSR count). The van der Waals surface area contributed by atoms with Gasteiger partial charge in [-0.15, -0.1) is 0 Å². The van der Waals surface area contributed by atoms with Gasteiger partial charge < -0.3 is 9.84 Å². The number of thiocarbonyl (C=S) groups is 1. The highest BCUT2D eigenvalue weighted by Gasteiger charge is 2.31. The number of carbonyl (C=O) groups excluding carboxylic acids is 1. The minimum atomic E-state index is -0.955. The van der Waals surface area contributed by atoms with Crippen LogP contribution in [0.4, 0.5) is 0 Å². The van der Waals surface area contributed by atoms with E-state index in [0.29, 0.717) is 9.23 Å². The molecular formula is C18H19NO4S2. The summed E-state index contributed by atoms with van der Waals surface area (Å²) in [6.45, 7) is 4.11. The highest BCUT2D eigenvalue weighted by molar-refractivity contribution is 8.26. The summed E-state index contributed by atoms with van der Waals surface area (Å²) in [5.41, 5.74) is 3.22. The standard InChI is InChI=1S/C18H19NO4S2/c1-11-12(2)14(23-3)8-7-13(11)5-4-6-15-17(22)19(18(24)25-15)10-9-16(20)21/h4-8H,9-10H2,1-3H3,(H,20,21). The molecule has 1 saturated heterocycles. The Morgan fingerprint density at radius 2 is 2.08 bits per heavy atom. The molecular weight excluding hydrogens is 358 g/mol. The van der Waals surface area contributed by atoms with Gasteiger partial charge in [0.05, 0.1) is 18.4 Å². The zero-order valence-corrected chi connectivity index (χ0v) is 15.9. The first-order chi connectivity index (χ1) is 11.8. The number of hydrogen-bond acceptors (Lipinski definition) is 5. The highest BCUT2D eigenvalue weighted by atomic mass is 32.2. The minimum absolute atomic E-state index is 0.0951. The number of aliphatic carboxylic acids is 1. The van der Waals surface area contributed by atoms with Crippen molar-refractivity contribution < 1.29 is 19.4 Å². The van der Waals surface area contributed by atoms with Gasteiger partial charge in [0, 0.05) is 6.54 Å². The van der Waals surface area contributed by atoms with Crippen LogP contribution in [-0.2, 0) is 9.59 Å². The molecule has 0 bridgehead atoms. The van der Waals surface area contributed by atoms with Crippen molar-refractivity contribution in [2.24, 2.45) is 0 Å². The predicted octanol–water partition coefficient (Wildman–Crippen LogP) is 3.54. The molecule has 1 aromatic rings. The molecule has 0 unspecified atom stereocenters. The molecule has 1 aliphatic rings. The Hall–Kier alpha value is -2.12. The van der Waals surface area contributed by atoms with Gasteiger partial charge in [-0.05, 0) is 42.7 Å².